The maximum Gasteiger partial charge on any atom is 0.280 e. The number of alkyl halides is 2. The zero-order valence-electron chi connectivity index (χ0n) is 6.77. The van der Waals surface area contributed by atoms with Crippen LogP contribution in [0.4, 0.5) is 8.78 Å². The average molecular weight is 281 g/mol. The average Bonchev–Trinajstić information content (AvgIpc) is 2.13. The molecular formula is C8H4BrClF2N2. The molecular weight excluding hydrogens is 277 g/mol. The highest BCUT2D eigenvalue weighted by atomic mass is 79.9. The van der Waals surface area contributed by atoms with Crippen molar-refractivity contribution in [2.75, 3.05) is 0 Å². The standard InChI is InChI=1S/C8H4BrClF2N2/c9-5-3-14-7(8(11)12)4(1-2-13)6(5)10/h3,8H,1H2. The third-order valence-electron chi connectivity index (χ3n) is 1.56. The highest BCUT2D eigenvalue weighted by molar-refractivity contribution is 9.10. The van der Waals surface area contributed by atoms with E-state index < -0.39 is 12.1 Å². The molecule has 0 fully saturated rings. The third kappa shape index (κ3) is 2.20. The van der Waals surface area contributed by atoms with Crippen LogP contribution in [0.5, 0.6) is 0 Å². The van der Waals surface area contributed by atoms with Gasteiger partial charge in [-0.3, -0.25) is 4.98 Å². The van der Waals surface area contributed by atoms with Crippen molar-refractivity contribution in [3.8, 4) is 6.07 Å². The first kappa shape index (κ1) is 11.3. The van der Waals surface area contributed by atoms with Gasteiger partial charge < -0.3 is 0 Å². The van der Waals surface area contributed by atoms with Crippen molar-refractivity contribution < 1.29 is 8.78 Å². The molecule has 1 heterocycles. The van der Waals surface area contributed by atoms with Crippen LogP contribution in [0.15, 0.2) is 10.7 Å². The van der Waals surface area contributed by atoms with E-state index in [2.05, 4.69) is 20.9 Å². The molecule has 0 amide bonds. The second kappa shape index (κ2) is 4.67. The smallest absolute Gasteiger partial charge is 0.254 e. The molecule has 74 valence electrons. The summed E-state index contributed by atoms with van der Waals surface area (Å²) in [6, 6.07) is 1.77. The van der Waals surface area contributed by atoms with Gasteiger partial charge in [0.25, 0.3) is 6.43 Å². The monoisotopic (exact) mass is 280 g/mol. The van der Waals surface area contributed by atoms with Crippen molar-refractivity contribution in [1.82, 2.24) is 4.98 Å². The Labute approximate surface area is 92.6 Å². The molecule has 14 heavy (non-hydrogen) atoms. The van der Waals surface area contributed by atoms with Gasteiger partial charge in [-0.1, -0.05) is 11.6 Å². The maximum atomic E-state index is 12.4. The van der Waals surface area contributed by atoms with Gasteiger partial charge in [0.2, 0.25) is 0 Å². The molecule has 1 aromatic heterocycles. The molecule has 0 atom stereocenters. The second-order valence-electron chi connectivity index (χ2n) is 2.42. The molecule has 0 saturated carbocycles. The molecule has 0 bridgehead atoms. The van der Waals surface area contributed by atoms with E-state index in [0.717, 1.165) is 0 Å². The van der Waals surface area contributed by atoms with Crippen LogP contribution < -0.4 is 0 Å². The van der Waals surface area contributed by atoms with Gasteiger partial charge >= 0.3 is 0 Å². The van der Waals surface area contributed by atoms with Crippen molar-refractivity contribution in [2.45, 2.75) is 12.8 Å². The first-order valence-corrected chi connectivity index (χ1v) is 4.73. The van der Waals surface area contributed by atoms with E-state index in [0.29, 0.717) is 4.47 Å². The Morgan fingerprint density at radius 3 is 2.79 bits per heavy atom. The Bertz CT molecular complexity index is 390. The minimum Gasteiger partial charge on any atom is -0.254 e. The van der Waals surface area contributed by atoms with Crippen LogP contribution in [0.2, 0.25) is 5.02 Å². The molecule has 0 saturated heterocycles. The summed E-state index contributed by atoms with van der Waals surface area (Å²) >= 11 is 8.80. The van der Waals surface area contributed by atoms with Crippen molar-refractivity contribution in [3.05, 3.63) is 26.9 Å². The van der Waals surface area contributed by atoms with Crippen LogP contribution in [0.1, 0.15) is 17.7 Å². The Morgan fingerprint density at radius 2 is 2.29 bits per heavy atom. The molecule has 0 spiro atoms. The molecule has 1 aromatic rings. The van der Waals surface area contributed by atoms with Crippen LogP contribution in [-0.2, 0) is 6.42 Å². The summed E-state index contributed by atoms with van der Waals surface area (Å²) in [5, 5.41) is 8.57. The number of hydrogen-bond donors (Lipinski definition) is 0. The topological polar surface area (TPSA) is 36.7 Å². The minimum atomic E-state index is -2.72. The highest BCUT2D eigenvalue weighted by Gasteiger charge is 2.18. The summed E-state index contributed by atoms with van der Waals surface area (Å²) in [6.07, 6.45) is -1.70. The number of halogens is 4. The van der Waals surface area contributed by atoms with E-state index in [1.165, 1.54) is 6.20 Å². The van der Waals surface area contributed by atoms with Crippen molar-refractivity contribution in [1.29, 1.82) is 5.26 Å². The van der Waals surface area contributed by atoms with E-state index in [9.17, 15) is 8.78 Å². The van der Waals surface area contributed by atoms with Gasteiger partial charge in [-0.2, -0.15) is 5.26 Å². The Balaban J connectivity index is 3.31. The molecule has 0 unspecified atom stereocenters. The van der Waals surface area contributed by atoms with Crippen molar-refractivity contribution in [3.63, 3.8) is 0 Å². The summed E-state index contributed by atoms with van der Waals surface area (Å²) in [5.74, 6) is 0. The van der Waals surface area contributed by atoms with Gasteiger partial charge in [-0.25, -0.2) is 8.78 Å². The molecule has 0 aromatic carbocycles. The lowest BCUT2D eigenvalue weighted by atomic mass is 10.1. The second-order valence-corrected chi connectivity index (χ2v) is 3.65. The number of pyridine rings is 1. The number of hydrogen-bond acceptors (Lipinski definition) is 2. The predicted octanol–water partition coefficient (Wildman–Crippen LogP) is 3.50. The fourth-order valence-corrected chi connectivity index (χ4v) is 1.51. The summed E-state index contributed by atoms with van der Waals surface area (Å²) in [6.45, 7) is 0. The number of nitriles is 1. The summed E-state index contributed by atoms with van der Waals surface area (Å²) < 4.78 is 25.2. The lowest BCUT2D eigenvalue weighted by Crippen LogP contribution is -1.99. The maximum absolute atomic E-state index is 12.4. The molecule has 0 aliphatic rings. The first-order valence-electron chi connectivity index (χ1n) is 3.55. The fraction of sp³-hybridized carbons (Fsp3) is 0.250. The van der Waals surface area contributed by atoms with Crippen LogP contribution in [0.3, 0.4) is 0 Å². The molecule has 6 heteroatoms. The third-order valence-corrected chi connectivity index (χ3v) is 2.82. The molecule has 0 N–H and O–H groups in total. The molecule has 0 radical (unpaired) electrons. The molecule has 1 rings (SSSR count). The van der Waals surface area contributed by atoms with Crippen LogP contribution in [0, 0.1) is 11.3 Å². The molecule has 2 nitrogen and oxygen atoms in total. The largest absolute Gasteiger partial charge is 0.280 e. The van der Waals surface area contributed by atoms with Gasteiger partial charge in [0, 0.05) is 11.8 Å². The van der Waals surface area contributed by atoms with Gasteiger partial charge in [-0.15, -0.1) is 0 Å². The highest BCUT2D eigenvalue weighted by Crippen LogP contribution is 2.31. The van der Waals surface area contributed by atoms with Gasteiger partial charge in [0.1, 0.15) is 5.69 Å². The van der Waals surface area contributed by atoms with E-state index in [4.69, 9.17) is 16.9 Å². The minimum absolute atomic E-state index is 0.0820. The van der Waals surface area contributed by atoms with E-state index in [1.807, 2.05) is 0 Å². The molecule has 0 aliphatic heterocycles. The normalized spacial score (nSPS) is 10.3. The SMILES string of the molecule is N#CCc1c(C(F)F)ncc(Br)c1Cl. The van der Waals surface area contributed by atoms with Crippen molar-refractivity contribution in [2.24, 2.45) is 0 Å². The Morgan fingerprint density at radius 1 is 1.64 bits per heavy atom. The van der Waals surface area contributed by atoms with E-state index in [1.54, 1.807) is 6.07 Å². The van der Waals surface area contributed by atoms with E-state index in [-0.39, 0.29) is 17.0 Å². The summed E-state index contributed by atoms with van der Waals surface area (Å²) in [7, 11) is 0. The summed E-state index contributed by atoms with van der Waals surface area (Å²) in [5.41, 5.74) is -0.349. The Kier molecular flexibility index (Phi) is 3.78. The van der Waals surface area contributed by atoms with E-state index >= 15 is 0 Å². The number of rotatable bonds is 2. The van der Waals surface area contributed by atoms with Gasteiger partial charge in [0.15, 0.2) is 0 Å². The lowest BCUT2D eigenvalue weighted by Gasteiger charge is -2.07. The quantitative estimate of drug-likeness (QED) is 0.832. The predicted molar refractivity (Wildman–Crippen MR) is 51.2 cm³/mol. The fourth-order valence-electron chi connectivity index (χ4n) is 0.953. The van der Waals surface area contributed by atoms with Gasteiger partial charge in [-0.05, 0) is 15.9 Å². The van der Waals surface area contributed by atoms with Crippen LogP contribution in [-0.4, -0.2) is 4.98 Å². The number of nitrogens with zero attached hydrogens (tertiary/aromatic N) is 2. The summed E-state index contributed by atoms with van der Waals surface area (Å²) in [4.78, 5) is 3.52. The van der Waals surface area contributed by atoms with Crippen LogP contribution in [0.25, 0.3) is 0 Å². The lowest BCUT2D eigenvalue weighted by molar-refractivity contribution is 0.145. The van der Waals surface area contributed by atoms with Crippen LogP contribution >= 0.6 is 27.5 Å². The molecule has 0 aliphatic carbocycles. The first-order chi connectivity index (χ1) is 6.57. The zero-order chi connectivity index (χ0) is 10.7. The van der Waals surface area contributed by atoms with Crippen molar-refractivity contribution >= 4 is 27.5 Å². The van der Waals surface area contributed by atoms with Gasteiger partial charge in [0.05, 0.1) is 22.0 Å². The number of aromatic nitrogens is 1. The Hall–Kier alpha value is -0.730. The zero-order valence-corrected chi connectivity index (χ0v) is 9.11.